The molecule has 0 spiro atoms. The predicted molar refractivity (Wildman–Crippen MR) is 130 cm³/mol. The van der Waals surface area contributed by atoms with Gasteiger partial charge in [0.2, 0.25) is 0 Å². The Bertz CT molecular complexity index is 1050. The molecule has 1 amide bonds. The highest BCUT2D eigenvalue weighted by atomic mass is 35.5. The lowest BCUT2D eigenvalue weighted by molar-refractivity contribution is -0.131. The van der Waals surface area contributed by atoms with Crippen LogP contribution < -0.4 is 19.1 Å². The second-order valence-electron chi connectivity index (χ2n) is 8.71. The number of anilines is 1. The number of aliphatic hydroxyl groups excluding tert-OH is 1. The number of carbonyl (C=O) groups excluding carboxylic acids is 1. The van der Waals surface area contributed by atoms with E-state index in [1.807, 2.05) is 20.8 Å². The van der Waals surface area contributed by atoms with E-state index in [4.69, 9.17) is 30.9 Å². The van der Waals surface area contributed by atoms with Crippen LogP contribution >= 0.6 is 11.6 Å². The number of halogens is 1. The Balaban J connectivity index is 2.74. The summed E-state index contributed by atoms with van der Waals surface area (Å²) < 4.78 is 16.3. The van der Waals surface area contributed by atoms with E-state index in [1.165, 1.54) is 26.2 Å². The molecular weight excluding hydrogens is 462 g/mol. The SMILES string of the molecule is COc1cc(OC)c(C(O)c2cc(Cl)ccc2N(CC(C)(C)C)C(=O)/C=C/C(=O)O)c(OC)c1. The number of amides is 1. The molecule has 0 radical (unpaired) electrons. The smallest absolute Gasteiger partial charge is 0.328 e. The van der Waals surface area contributed by atoms with Crippen LogP contribution in [0.4, 0.5) is 5.69 Å². The zero-order chi connectivity index (χ0) is 25.6. The van der Waals surface area contributed by atoms with E-state index in [0.717, 1.165) is 12.2 Å². The molecule has 0 saturated carbocycles. The van der Waals surface area contributed by atoms with Gasteiger partial charge in [0, 0.05) is 41.4 Å². The van der Waals surface area contributed by atoms with Crippen molar-refractivity contribution in [3.63, 3.8) is 0 Å². The van der Waals surface area contributed by atoms with Gasteiger partial charge in [-0.2, -0.15) is 0 Å². The van der Waals surface area contributed by atoms with Gasteiger partial charge in [0.1, 0.15) is 23.4 Å². The summed E-state index contributed by atoms with van der Waals surface area (Å²) in [6.45, 7) is 6.06. The van der Waals surface area contributed by atoms with Gasteiger partial charge >= 0.3 is 5.97 Å². The van der Waals surface area contributed by atoms with Crippen LogP contribution in [0, 0.1) is 5.41 Å². The van der Waals surface area contributed by atoms with Crippen LogP contribution in [0.25, 0.3) is 0 Å². The summed E-state index contributed by atoms with van der Waals surface area (Å²) >= 11 is 6.27. The molecule has 0 bridgehead atoms. The summed E-state index contributed by atoms with van der Waals surface area (Å²) in [5.74, 6) is -0.697. The average Bonchev–Trinajstić information content (AvgIpc) is 2.78. The molecular formula is C25H30ClNO7. The maximum Gasteiger partial charge on any atom is 0.328 e. The molecule has 2 aromatic rings. The number of rotatable bonds is 9. The van der Waals surface area contributed by atoms with Gasteiger partial charge in [-0.05, 0) is 23.6 Å². The number of hydrogen-bond acceptors (Lipinski definition) is 6. The van der Waals surface area contributed by atoms with Crippen molar-refractivity contribution in [1.82, 2.24) is 0 Å². The van der Waals surface area contributed by atoms with Crippen molar-refractivity contribution in [2.24, 2.45) is 5.41 Å². The number of carboxylic acid groups (broad SMARTS) is 1. The molecule has 34 heavy (non-hydrogen) atoms. The van der Waals surface area contributed by atoms with Gasteiger partial charge in [-0.15, -0.1) is 0 Å². The second-order valence-corrected chi connectivity index (χ2v) is 9.14. The largest absolute Gasteiger partial charge is 0.496 e. The van der Waals surface area contributed by atoms with Crippen LogP contribution in [0.1, 0.15) is 38.0 Å². The number of ether oxygens (including phenoxy) is 3. The third kappa shape index (κ3) is 6.65. The van der Waals surface area contributed by atoms with E-state index >= 15 is 0 Å². The summed E-state index contributed by atoms with van der Waals surface area (Å²) in [6, 6.07) is 7.98. The maximum atomic E-state index is 13.0. The second kappa shape index (κ2) is 11.3. The Kier molecular flexibility index (Phi) is 8.95. The minimum Gasteiger partial charge on any atom is -0.496 e. The molecule has 2 rings (SSSR count). The summed E-state index contributed by atoms with van der Waals surface area (Å²) in [5, 5.41) is 20.8. The molecule has 0 aliphatic rings. The van der Waals surface area contributed by atoms with Gasteiger partial charge in [-0.3, -0.25) is 4.79 Å². The minimum absolute atomic E-state index is 0.244. The highest BCUT2D eigenvalue weighted by molar-refractivity contribution is 6.30. The van der Waals surface area contributed by atoms with E-state index in [0.29, 0.717) is 39.1 Å². The first kappa shape index (κ1) is 27.0. The predicted octanol–water partition coefficient (Wildman–Crippen LogP) is 4.47. The first-order chi connectivity index (χ1) is 15.9. The number of nitrogens with zero attached hydrogens (tertiary/aromatic N) is 1. The van der Waals surface area contributed by atoms with Gasteiger partial charge < -0.3 is 29.3 Å². The van der Waals surface area contributed by atoms with Crippen molar-refractivity contribution in [2.45, 2.75) is 26.9 Å². The Morgan fingerprint density at radius 2 is 1.62 bits per heavy atom. The van der Waals surface area contributed by atoms with Crippen LogP contribution in [0.15, 0.2) is 42.5 Å². The molecule has 0 heterocycles. The van der Waals surface area contributed by atoms with E-state index < -0.39 is 18.0 Å². The first-order valence-electron chi connectivity index (χ1n) is 10.4. The fraction of sp³-hybridized carbons (Fsp3) is 0.360. The molecule has 2 N–H and O–H groups in total. The van der Waals surface area contributed by atoms with Crippen LogP contribution in [0.5, 0.6) is 17.2 Å². The highest BCUT2D eigenvalue weighted by Crippen LogP contribution is 2.43. The van der Waals surface area contributed by atoms with Crippen molar-refractivity contribution >= 4 is 29.2 Å². The third-order valence-corrected chi connectivity index (χ3v) is 5.10. The number of aliphatic hydroxyl groups is 1. The van der Waals surface area contributed by atoms with Gasteiger partial charge in [0.25, 0.3) is 5.91 Å². The quantitative estimate of drug-likeness (QED) is 0.498. The van der Waals surface area contributed by atoms with Crippen molar-refractivity contribution in [3.8, 4) is 17.2 Å². The molecule has 0 fully saturated rings. The van der Waals surface area contributed by atoms with E-state index in [2.05, 4.69) is 0 Å². The number of aliphatic carboxylic acids is 1. The molecule has 0 aliphatic heterocycles. The van der Waals surface area contributed by atoms with E-state index in [9.17, 15) is 14.7 Å². The monoisotopic (exact) mass is 491 g/mol. The third-order valence-electron chi connectivity index (χ3n) is 4.87. The zero-order valence-corrected chi connectivity index (χ0v) is 20.8. The molecule has 184 valence electrons. The number of benzene rings is 2. The lowest BCUT2D eigenvalue weighted by Crippen LogP contribution is -2.37. The lowest BCUT2D eigenvalue weighted by atomic mass is 9.93. The fourth-order valence-electron chi connectivity index (χ4n) is 3.44. The fourth-order valence-corrected chi connectivity index (χ4v) is 3.62. The van der Waals surface area contributed by atoms with Gasteiger partial charge in [-0.1, -0.05) is 32.4 Å². The standard InChI is InChI=1S/C25H30ClNO7/c1-25(2,3)14-27(21(28)9-10-22(29)30)18-8-7-15(26)11-17(18)24(31)23-19(33-5)12-16(32-4)13-20(23)34-6/h7-13,24,31H,14H2,1-6H3,(H,29,30)/b10-9+. The highest BCUT2D eigenvalue weighted by Gasteiger charge is 2.29. The molecule has 0 aliphatic carbocycles. The molecule has 0 aromatic heterocycles. The summed E-state index contributed by atoms with van der Waals surface area (Å²) in [4.78, 5) is 25.5. The van der Waals surface area contributed by atoms with Crippen molar-refractivity contribution in [1.29, 1.82) is 0 Å². The van der Waals surface area contributed by atoms with E-state index in [-0.39, 0.29) is 12.0 Å². The van der Waals surface area contributed by atoms with Crippen LogP contribution in [-0.4, -0.2) is 50.0 Å². The van der Waals surface area contributed by atoms with Crippen molar-refractivity contribution < 1.29 is 34.0 Å². The van der Waals surface area contributed by atoms with Gasteiger partial charge in [0.15, 0.2) is 0 Å². The normalized spacial score (nSPS) is 12.4. The summed E-state index contributed by atoms with van der Waals surface area (Å²) in [5.41, 5.74) is 0.658. The zero-order valence-electron chi connectivity index (χ0n) is 20.1. The summed E-state index contributed by atoms with van der Waals surface area (Å²) in [6.07, 6.45) is 0.454. The molecule has 2 aromatic carbocycles. The molecule has 1 unspecified atom stereocenters. The first-order valence-corrected chi connectivity index (χ1v) is 10.8. The maximum absolute atomic E-state index is 13.0. The topological polar surface area (TPSA) is 106 Å². The lowest BCUT2D eigenvalue weighted by Gasteiger charge is -2.32. The van der Waals surface area contributed by atoms with Gasteiger partial charge in [-0.25, -0.2) is 4.79 Å². The van der Waals surface area contributed by atoms with Crippen LogP contribution in [-0.2, 0) is 9.59 Å². The van der Waals surface area contributed by atoms with Crippen molar-refractivity contribution in [3.05, 3.63) is 58.6 Å². The average molecular weight is 492 g/mol. The van der Waals surface area contributed by atoms with E-state index in [1.54, 1.807) is 30.3 Å². The number of hydrogen-bond donors (Lipinski definition) is 2. The summed E-state index contributed by atoms with van der Waals surface area (Å²) in [7, 11) is 4.41. The number of carbonyl (C=O) groups is 2. The molecule has 0 saturated heterocycles. The number of methoxy groups -OCH3 is 3. The van der Waals surface area contributed by atoms with Crippen LogP contribution in [0.3, 0.4) is 0 Å². The van der Waals surface area contributed by atoms with Crippen LogP contribution in [0.2, 0.25) is 5.02 Å². The van der Waals surface area contributed by atoms with Gasteiger partial charge in [0.05, 0.1) is 32.6 Å². The molecule has 1 atom stereocenters. The number of carboxylic acids is 1. The Morgan fingerprint density at radius 3 is 2.09 bits per heavy atom. The van der Waals surface area contributed by atoms with Crippen molar-refractivity contribution in [2.75, 3.05) is 32.8 Å². The Labute approximate surface area is 204 Å². The Morgan fingerprint density at radius 1 is 1.03 bits per heavy atom. The molecule has 8 nitrogen and oxygen atoms in total. The Hall–Kier alpha value is -3.23. The minimum atomic E-state index is -1.30. The molecule has 9 heteroatoms.